The maximum Gasteiger partial charge on any atom is 0.340 e. The van der Waals surface area contributed by atoms with Crippen LogP contribution in [0.5, 0.6) is 0 Å². The van der Waals surface area contributed by atoms with Crippen molar-refractivity contribution in [3.05, 3.63) is 178 Å². The summed E-state index contributed by atoms with van der Waals surface area (Å²) in [6.07, 6.45) is 3.33. The fraction of sp³-hybridized carbons (Fsp3) is 0. The fourth-order valence-electron chi connectivity index (χ4n) is 7.96. The number of carboxylic acids is 4. The molecular formula is C48H30N4O8. The lowest BCUT2D eigenvalue weighted by Gasteiger charge is -2.13. The van der Waals surface area contributed by atoms with Gasteiger partial charge in [-0.25, -0.2) is 29.1 Å². The smallest absolute Gasteiger partial charge is 0.340 e. The third-order valence-corrected chi connectivity index (χ3v) is 10.4. The van der Waals surface area contributed by atoms with Crippen LogP contribution in [0.2, 0.25) is 0 Å². The predicted molar refractivity (Wildman–Crippen MR) is 227 cm³/mol. The Morgan fingerprint density at radius 2 is 0.867 bits per heavy atom. The van der Waals surface area contributed by atoms with Crippen molar-refractivity contribution in [1.29, 1.82) is 0 Å². The third kappa shape index (κ3) is 6.21. The Bertz CT molecular complexity index is 3190. The number of hydrogen-bond donors (Lipinski definition) is 6. The van der Waals surface area contributed by atoms with Gasteiger partial charge in [-0.2, -0.15) is 0 Å². The molecule has 0 amide bonds. The van der Waals surface area contributed by atoms with Crippen LogP contribution >= 0.6 is 0 Å². The van der Waals surface area contributed by atoms with Crippen molar-refractivity contribution in [1.82, 2.24) is 19.9 Å². The van der Waals surface area contributed by atoms with Gasteiger partial charge >= 0.3 is 23.9 Å². The Morgan fingerprint density at radius 1 is 0.417 bits per heavy atom. The number of carboxylic acid groups (broad SMARTS) is 4. The minimum absolute atomic E-state index is 0.0519. The Labute approximate surface area is 339 Å². The van der Waals surface area contributed by atoms with E-state index in [0.29, 0.717) is 33.4 Å². The number of fused-ring (bicyclic) bond motifs is 8. The molecule has 0 fully saturated rings. The molecule has 2 aliphatic heterocycles. The number of aromatic carboxylic acids is 3. The lowest BCUT2D eigenvalue weighted by atomic mass is 9.89. The van der Waals surface area contributed by atoms with Crippen molar-refractivity contribution in [2.24, 2.45) is 0 Å². The van der Waals surface area contributed by atoms with Crippen LogP contribution in [0.4, 0.5) is 0 Å². The third-order valence-electron chi connectivity index (χ3n) is 10.4. The molecule has 7 aromatic rings. The molecule has 9 rings (SSSR count). The molecule has 4 aromatic carbocycles. The molecular weight excluding hydrogens is 761 g/mol. The maximum atomic E-state index is 13.7. The van der Waals surface area contributed by atoms with Crippen molar-refractivity contribution >= 4 is 69.2 Å². The van der Waals surface area contributed by atoms with E-state index in [-0.39, 0.29) is 22.5 Å². The summed E-state index contributed by atoms with van der Waals surface area (Å²) in [5, 5.41) is 43.1. The van der Waals surface area contributed by atoms with E-state index in [2.05, 4.69) is 9.97 Å². The van der Waals surface area contributed by atoms with Crippen LogP contribution in [0.1, 0.15) is 59.4 Å². The molecule has 0 spiro atoms. The number of nitrogens with one attached hydrogen (secondary N) is 2. The first kappa shape index (κ1) is 37.0. The van der Waals surface area contributed by atoms with Crippen LogP contribution < -0.4 is 0 Å². The van der Waals surface area contributed by atoms with E-state index in [9.17, 15) is 39.6 Å². The van der Waals surface area contributed by atoms with Crippen LogP contribution in [-0.4, -0.2) is 64.2 Å². The zero-order valence-corrected chi connectivity index (χ0v) is 31.2. The molecule has 0 saturated heterocycles. The van der Waals surface area contributed by atoms with Gasteiger partial charge in [0, 0.05) is 27.8 Å². The Kier molecular flexibility index (Phi) is 9.06. The van der Waals surface area contributed by atoms with Gasteiger partial charge in [-0.1, -0.05) is 121 Å². The van der Waals surface area contributed by atoms with Gasteiger partial charge in [0.2, 0.25) is 0 Å². The van der Waals surface area contributed by atoms with E-state index in [4.69, 9.17) is 9.97 Å². The van der Waals surface area contributed by atoms with Crippen LogP contribution in [0.15, 0.2) is 133 Å². The van der Waals surface area contributed by atoms with Crippen molar-refractivity contribution in [3.8, 4) is 33.4 Å². The highest BCUT2D eigenvalue weighted by Gasteiger charge is 2.36. The van der Waals surface area contributed by atoms with Crippen molar-refractivity contribution < 1.29 is 39.6 Å². The molecule has 5 heterocycles. The number of nitrogens with zero attached hydrogens (tertiary/aromatic N) is 2. The van der Waals surface area contributed by atoms with Gasteiger partial charge in [-0.3, -0.25) is 0 Å². The average Bonchev–Trinajstić information content (AvgIpc) is 4.03. The molecule has 6 N–H and O–H groups in total. The first-order valence-electron chi connectivity index (χ1n) is 18.6. The number of aliphatic carboxylic acids is 1. The van der Waals surface area contributed by atoms with Crippen molar-refractivity contribution in [3.63, 3.8) is 0 Å². The maximum absolute atomic E-state index is 13.7. The molecule has 8 bridgehead atoms. The SMILES string of the molecule is O=C(O)C1=C(c2ccccc2)c2nc1c(C(=O)O)c1[nH]c(cc3nc(cc4[nH]c(c2-c2ccccc2)c(-c2ccccc2)c4-c2ccccc2)C=C3)c(C(=O)O)c1C(=O)O. The number of rotatable bonds is 8. The Balaban J connectivity index is 1.66. The summed E-state index contributed by atoms with van der Waals surface area (Å²) >= 11 is 0. The standard InChI is InChI=1S/C48H30N4O8/c53-45(54)37-32-24-30-22-21-29(49-30)23-31-33(25-13-5-1-6-14-25)34(26-15-7-2-8-16-26)41(50-31)36(28-19-11-4-12-20-28)42-35(27-17-9-3-10-18-27)38(46(55)56)44(52-42)40(48(59)60)43(51-32)39(37)47(57)58/h1-24,50-51H,(H,53,54)(H,55,56)(H,57,58)(H,59,60). The summed E-state index contributed by atoms with van der Waals surface area (Å²) in [6, 6.07) is 40.1. The van der Waals surface area contributed by atoms with Crippen molar-refractivity contribution in [2.45, 2.75) is 0 Å². The summed E-state index contributed by atoms with van der Waals surface area (Å²) < 4.78 is 0. The number of H-pyrrole nitrogens is 2. The molecule has 60 heavy (non-hydrogen) atoms. The molecule has 12 heteroatoms. The lowest BCUT2D eigenvalue weighted by Crippen LogP contribution is -2.10. The fourth-order valence-corrected chi connectivity index (χ4v) is 7.96. The Hall–Kier alpha value is -8.64. The summed E-state index contributed by atoms with van der Waals surface area (Å²) in [5.74, 6) is -6.73. The summed E-state index contributed by atoms with van der Waals surface area (Å²) in [4.78, 5) is 69.3. The minimum Gasteiger partial charge on any atom is -0.478 e. The molecule has 12 nitrogen and oxygen atoms in total. The minimum atomic E-state index is -1.76. The second-order valence-electron chi connectivity index (χ2n) is 13.9. The second-order valence-corrected chi connectivity index (χ2v) is 13.9. The van der Waals surface area contributed by atoms with Gasteiger partial charge in [0.15, 0.2) is 0 Å². The van der Waals surface area contributed by atoms with E-state index in [1.807, 2.05) is 97.1 Å². The zero-order valence-electron chi connectivity index (χ0n) is 31.2. The molecule has 0 atom stereocenters. The topological polar surface area (TPSA) is 207 Å². The van der Waals surface area contributed by atoms with Crippen LogP contribution in [-0.2, 0) is 4.79 Å². The first-order valence-corrected chi connectivity index (χ1v) is 18.6. The Morgan fingerprint density at radius 3 is 1.37 bits per heavy atom. The molecule has 0 aliphatic carbocycles. The normalized spacial score (nSPS) is 12.1. The quantitative estimate of drug-likeness (QED) is 0.0859. The molecule has 290 valence electrons. The average molecular weight is 791 g/mol. The summed E-state index contributed by atoms with van der Waals surface area (Å²) in [6.45, 7) is 0. The van der Waals surface area contributed by atoms with Gasteiger partial charge in [-0.15, -0.1) is 0 Å². The number of carbonyl (C=O) groups is 4. The van der Waals surface area contributed by atoms with Gasteiger partial charge < -0.3 is 30.4 Å². The van der Waals surface area contributed by atoms with E-state index in [1.165, 1.54) is 6.07 Å². The highest BCUT2D eigenvalue weighted by Crippen LogP contribution is 2.47. The van der Waals surface area contributed by atoms with Crippen molar-refractivity contribution in [2.75, 3.05) is 0 Å². The van der Waals surface area contributed by atoms with Gasteiger partial charge in [0.25, 0.3) is 0 Å². The van der Waals surface area contributed by atoms with E-state index in [1.54, 1.807) is 42.5 Å². The summed E-state index contributed by atoms with van der Waals surface area (Å²) in [5.41, 5.74) is 1.90. The predicted octanol–water partition coefficient (Wildman–Crippen LogP) is 9.62. The van der Waals surface area contributed by atoms with E-state index >= 15 is 0 Å². The van der Waals surface area contributed by atoms with Crippen LogP contribution in [0.3, 0.4) is 0 Å². The second kappa shape index (κ2) is 14.7. The molecule has 0 radical (unpaired) electrons. The van der Waals surface area contributed by atoms with Gasteiger partial charge in [0.05, 0.1) is 50.5 Å². The molecule has 0 saturated carbocycles. The number of benzene rings is 4. The lowest BCUT2D eigenvalue weighted by molar-refractivity contribution is -0.130. The van der Waals surface area contributed by atoms with E-state index in [0.717, 1.165) is 22.3 Å². The molecule has 0 unspecified atom stereocenters. The van der Waals surface area contributed by atoms with E-state index < -0.39 is 57.4 Å². The van der Waals surface area contributed by atoms with Gasteiger partial charge in [-0.05, 0) is 46.5 Å². The summed E-state index contributed by atoms with van der Waals surface area (Å²) in [7, 11) is 0. The molecule has 2 aliphatic rings. The first-order chi connectivity index (χ1) is 29.1. The number of hydrogen-bond acceptors (Lipinski definition) is 6. The molecule has 3 aromatic heterocycles. The van der Waals surface area contributed by atoms with Gasteiger partial charge in [0.1, 0.15) is 11.1 Å². The van der Waals surface area contributed by atoms with Crippen LogP contribution in [0.25, 0.3) is 78.7 Å². The van der Waals surface area contributed by atoms with Crippen LogP contribution in [0, 0.1) is 0 Å². The monoisotopic (exact) mass is 790 g/mol. The zero-order chi connectivity index (χ0) is 41.7. The number of aromatic nitrogens is 4. The largest absolute Gasteiger partial charge is 0.478 e. The highest BCUT2D eigenvalue weighted by molar-refractivity contribution is 6.30. The number of aromatic amines is 2. The highest BCUT2D eigenvalue weighted by atomic mass is 16.4.